The molecule has 0 saturated carbocycles. The number of hydrogen-bond acceptors (Lipinski definition) is 3. The number of hydrogen-bond donors (Lipinski definition) is 2. The minimum Gasteiger partial charge on any atom is -0.368 e. The number of rotatable bonds is 5. The molecule has 3 N–H and O–H groups in total. The largest absolute Gasteiger partial charge is 0.368 e. The van der Waals surface area contributed by atoms with E-state index in [1.807, 2.05) is 24.3 Å². The lowest BCUT2D eigenvalue weighted by molar-refractivity contribution is -0.134. The average molecular weight is 289 g/mol. The van der Waals surface area contributed by atoms with Crippen molar-refractivity contribution < 1.29 is 14.4 Å². The Balaban J connectivity index is 2.27. The fourth-order valence-electron chi connectivity index (χ4n) is 2.49. The SMILES string of the molecule is CCCc1ccc([C@@]2(C)NC(=O)N(CC(N)=O)C2=O)cc1. The van der Waals surface area contributed by atoms with Crippen molar-refractivity contribution in [1.82, 2.24) is 10.2 Å². The van der Waals surface area contributed by atoms with Gasteiger partial charge in [0, 0.05) is 0 Å². The maximum Gasteiger partial charge on any atom is 0.325 e. The predicted octanol–water partition coefficient (Wildman–Crippen LogP) is 0.891. The molecule has 0 bridgehead atoms. The Morgan fingerprint density at radius 1 is 1.29 bits per heavy atom. The Bertz CT molecular complexity index is 582. The van der Waals surface area contributed by atoms with Gasteiger partial charge in [-0.3, -0.25) is 14.5 Å². The molecule has 1 saturated heterocycles. The molecule has 4 amide bonds. The molecule has 1 heterocycles. The fraction of sp³-hybridized carbons (Fsp3) is 0.400. The summed E-state index contributed by atoms with van der Waals surface area (Å²) in [4.78, 5) is 36.1. The Labute approximate surface area is 123 Å². The Kier molecular flexibility index (Phi) is 3.97. The zero-order valence-corrected chi connectivity index (χ0v) is 12.2. The van der Waals surface area contributed by atoms with Crippen LogP contribution in [0.5, 0.6) is 0 Å². The topological polar surface area (TPSA) is 92.5 Å². The highest BCUT2D eigenvalue weighted by Gasteiger charge is 2.49. The first-order valence-corrected chi connectivity index (χ1v) is 6.90. The molecule has 1 atom stereocenters. The average Bonchev–Trinajstić information content (AvgIpc) is 2.64. The van der Waals surface area contributed by atoms with Crippen LogP contribution in [0.25, 0.3) is 0 Å². The van der Waals surface area contributed by atoms with Crippen molar-refractivity contribution in [2.24, 2.45) is 5.73 Å². The van der Waals surface area contributed by atoms with Gasteiger partial charge in [0.2, 0.25) is 5.91 Å². The number of primary amides is 1. The molecule has 0 spiro atoms. The summed E-state index contributed by atoms with van der Waals surface area (Å²) in [5.74, 6) is -1.18. The number of imide groups is 1. The second kappa shape index (κ2) is 5.55. The molecule has 0 aliphatic carbocycles. The van der Waals surface area contributed by atoms with Crippen LogP contribution in [-0.2, 0) is 21.5 Å². The molecule has 0 radical (unpaired) electrons. The van der Waals surface area contributed by atoms with Gasteiger partial charge in [-0.15, -0.1) is 0 Å². The minimum absolute atomic E-state index is 0.409. The number of nitrogens with zero attached hydrogens (tertiary/aromatic N) is 1. The third-order valence-corrected chi connectivity index (χ3v) is 3.66. The first-order valence-electron chi connectivity index (χ1n) is 6.90. The highest BCUT2D eigenvalue weighted by atomic mass is 16.2. The monoisotopic (exact) mass is 289 g/mol. The number of nitrogens with one attached hydrogen (secondary N) is 1. The summed E-state index contributed by atoms with van der Waals surface area (Å²) in [5, 5.41) is 2.63. The molecule has 21 heavy (non-hydrogen) atoms. The van der Waals surface area contributed by atoms with Crippen LogP contribution in [-0.4, -0.2) is 29.3 Å². The normalized spacial score (nSPS) is 21.5. The highest BCUT2D eigenvalue weighted by molar-refractivity contribution is 6.09. The zero-order valence-electron chi connectivity index (χ0n) is 12.2. The summed E-state index contributed by atoms with van der Waals surface area (Å²) in [6.07, 6.45) is 2.00. The Morgan fingerprint density at radius 3 is 2.43 bits per heavy atom. The van der Waals surface area contributed by atoms with E-state index in [1.165, 1.54) is 5.56 Å². The molecule has 0 unspecified atom stereocenters. The van der Waals surface area contributed by atoms with Crippen molar-refractivity contribution >= 4 is 17.8 Å². The fourth-order valence-corrected chi connectivity index (χ4v) is 2.49. The summed E-state index contributed by atoms with van der Waals surface area (Å²) >= 11 is 0. The van der Waals surface area contributed by atoms with E-state index in [-0.39, 0.29) is 0 Å². The van der Waals surface area contributed by atoms with Gasteiger partial charge < -0.3 is 11.1 Å². The van der Waals surface area contributed by atoms with Crippen LogP contribution in [0.15, 0.2) is 24.3 Å². The lowest BCUT2D eigenvalue weighted by Gasteiger charge is -2.22. The van der Waals surface area contributed by atoms with Gasteiger partial charge in [-0.25, -0.2) is 4.79 Å². The van der Waals surface area contributed by atoms with Crippen LogP contribution >= 0.6 is 0 Å². The summed E-state index contributed by atoms with van der Waals surface area (Å²) in [6, 6.07) is 6.95. The van der Waals surface area contributed by atoms with Gasteiger partial charge in [0.05, 0.1) is 0 Å². The number of benzene rings is 1. The summed E-state index contributed by atoms with van der Waals surface area (Å²) < 4.78 is 0. The maximum absolute atomic E-state index is 12.4. The van der Waals surface area contributed by atoms with E-state index < -0.39 is 29.9 Å². The summed E-state index contributed by atoms with van der Waals surface area (Å²) in [6.45, 7) is 3.31. The number of carbonyl (C=O) groups is 3. The van der Waals surface area contributed by atoms with Crippen molar-refractivity contribution in [3.8, 4) is 0 Å². The molecule has 1 aliphatic heterocycles. The molecular weight excluding hydrogens is 270 g/mol. The van der Waals surface area contributed by atoms with Gasteiger partial charge in [-0.2, -0.15) is 0 Å². The molecule has 1 aliphatic rings. The van der Waals surface area contributed by atoms with Crippen LogP contribution in [0.3, 0.4) is 0 Å². The Hall–Kier alpha value is -2.37. The smallest absolute Gasteiger partial charge is 0.325 e. The number of aryl methyl sites for hydroxylation is 1. The van der Waals surface area contributed by atoms with E-state index in [0.717, 1.165) is 17.7 Å². The van der Waals surface area contributed by atoms with Crippen LogP contribution in [0, 0.1) is 0 Å². The van der Waals surface area contributed by atoms with E-state index in [1.54, 1.807) is 6.92 Å². The molecule has 1 aromatic rings. The quantitative estimate of drug-likeness (QED) is 0.788. The number of nitrogens with two attached hydrogens (primary N) is 1. The number of urea groups is 1. The summed E-state index contributed by atoms with van der Waals surface area (Å²) in [5.41, 5.74) is 5.77. The molecule has 0 aromatic heterocycles. The zero-order chi connectivity index (χ0) is 15.6. The second-order valence-electron chi connectivity index (χ2n) is 5.36. The Morgan fingerprint density at radius 2 is 1.90 bits per heavy atom. The van der Waals surface area contributed by atoms with Crippen molar-refractivity contribution in [2.75, 3.05) is 6.54 Å². The second-order valence-corrected chi connectivity index (χ2v) is 5.36. The number of carbonyl (C=O) groups excluding carboxylic acids is 3. The third kappa shape index (κ3) is 2.74. The standard InChI is InChI=1S/C15H19N3O3/c1-3-4-10-5-7-11(8-6-10)15(2)13(20)18(9-12(16)19)14(21)17-15/h5-8H,3-4,9H2,1-2H3,(H2,16,19)(H,17,21)/t15-/m1/s1. The molecule has 6 heteroatoms. The lowest BCUT2D eigenvalue weighted by Crippen LogP contribution is -2.42. The van der Waals surface area contributed by atoms with Crippen molar-refractivity contribution in [3.05, 3.63) is 35.4 Å². The molecule has 1 fully saturated rings. The first kappa shape index (κ1) is 15.0. The van der Waals surface area contributed by atoms with Crippen LogP contribution in [0.1, 0.15) is 31.4 Å². The van der Waals surface area contributed by atoms with E-state index in [2.05, 4.69) is 12.2 Å². The lowest BCUT2D eigenvalue weighted by atomic mass is 9.91. The van der Waals surface area contributed by atoms with Crippen molar-refractivity contribution in [1.29, 1.82) is 0 Å². The van der Waals surface area contributed by atoms with Crippen LogP contribution in [0.2, 0.25) is 0 Å². The van der Waals surface area contributed by atoms with Gasteiger partial charge >= 0.3 is 6.03 Å². The molecule has 2 rings (SSSR count). The van der Waals surface area contributed by atoms with E-state index >= 15 is 0 Å². The van der Waals surface area contributed by atoms with Crippen LogP contribution in [0.4, 0.5) is 4.79 Å². The van der Waals surface area contributed by atoms with Crippen molar-refractivity contribution in [3.63, 3.8) is 0 Å². The third-order valence-electron chi connectivity index (χ3n) is 3.66. The first-order chi connectivity index (χ1) is 9.88. The molecule has 1 aromatic carbocycles. The van der Waals surface area contributed by atoms with Gasteiger partial charge in [0.25, 0.3) is 5.91 Å². The summed E-state index contributed by atoms with van der Waals surface area (Å²) in [7, 11) is 0. The molecule has 112 valence electrons. The van der Waals surface area contributed by atoms with E-state index in [0.29, 0.717) is 5.56 Å². The van der Waals surface area contributed by atoms with Crippen molar-refractivity contribution in [2.45, 2.75) is 32.2 Å². The van der Waals surface area contributed by atoms with Gasteiger partial charge in [-0.05, 0) is 24.5 Å². The van der Waals surface area contributed by atoms with E-state index in [9.17, 15) is 14.4 Å². The van der Waals surface area contributed by atoms with E-state index in [4.69, 9.17) is 5.73 Å². The predicted molar refractivity (Wildman–Crippen MR) is 77.2 cm³/mol. The van der Waals surface area contributed by atoms with Gasteiger partial charge in [0.15, 0.2) is 0 Å². The number of amides is 4. The molecular formula is C15H19N3O3. The maximum atomic E-state index is 12.4. The van der Waals surface area contributed by atoms with Crippen LogP contribution < -0.4 is 11.1 Å². The van der Waals surface area contributed by atoms with Gasteiger partial charge in [-0.1, -0.05) is 37.6 Å². The minimum atomic E-state index is -1.16. The molecule has 6 nitrogen and oxygen atoms in total. The highest BCUT2D eigenvalue weighted by Crippen LogP contribution is 2.28. The van der Waals surface area contributed by atoms with Gasteiger partial charge in [0.1, 0.15) is 12.1 Å².